The predicted octanol–water partition coefficient (Wildman–Crippen LogP) is 4.23. The largest absolute Gasteiger partial charge is 0.322 e. The van der Waals surface area contributed by atoms with Gasteiger partial charge in [-0.2, -0.15) is 0 Å². The van der Waals surface area contributed by atoms with E-state index in [1.807, 2.05) is 6.07 Å². The molecule has 2 aromatic rings. The molecule has 2 aromatic carbocycles. The topological polar surface area (TPSA) is 73.0 Å². The lowest BCUT2D eigenvalue weighted by molar-refractivity contribution is -0.136. The van der Waals surface area contributed by atoms with Crippen molar-refractivity contribution in [3.05, 3.63) is 70.3 Å². The second-order valence-electron chi connectivity index (χ2n) is 14.3. The Labute approximate surface area is 248 Å². The molecule has 3 aliphatic heterocycles. The first kappa shape index (κ1) is 26.6. The normalized spacial score (nSPS) is 32.9. The molecule has 7 aliphatic rings. The number of hydrogen-bond acceptors (Lipinski definition) is 5. The molecule has 0 spiro atoms. The fourth-order valence-corrected chi connectivity index (χ4v) is 9.78. The summed E-state index contributed by atoms with van der Waals surface area (Å²) in [5, 5.41) is 2.38. The average Bonchev–Trinajstić information content (AvgIpc) is 3.29. The van der Waals surface area contributed by atoms with E-state index in [0.29, 0.717) is 23.9 Å². The third-order valence-electron chi connectivity index (χ3n) is 11.5. The molecule has 220 valence electrons. The van der Waals surface area contributed by atoms with Crippen LogP contribution in [0.15, 0.2) is 42.5 Å². The Morgan fingerprint density at radius 3 is 1.98 bits per heavy atom. The first-order valence-electron chi connectivity index (χ1n) is 16.2. The number of nitrogens with zero attached hydrogens (tertiary/aromatic N) is 3. The standard InChI is InChI=1S/C35H42N4O3/c40-32-8-7-31(33(41)36-32)39-22-28-16-24(3-6-30(28)34(39)42)21-38-11-9-37(10-12-38)20-23-1-4-29(5-2-23)35-17-25-13-26(18-35)15-27(14-25)19-35/h1-6,16,25-27,31H,7-15,17-22H2,(H,36,40,41). The number of carbonyl (C=O) groups is 3. The summed E-state index contributed by atoms with van der Waals surface area (Å²) in [4.78, 5) is 43.6. The summed E-state index contributed by atoms with van der Waals surface area (Å²) in [6.07, 6.45) is 9.46. The summed E-state index contributed by atoms with van der Waals surface area (Å²) in [7, 11) is 0. The summed E-state index contributed by atoms with van der Waals surface area (Å²) >= 11 is 0. The minimum absolute atomic E-state index is 0.106. The van der Waals surface area contributed by atoms with E-state index < -0.39 is 6.04 Å². The molecular weight excluding hydrogens is 524 g/mol. The summed E-state index contributed by atoms with van der Waals surface area (Å²) in [5.41, 5.74) is 6.40. The van der Waals surface area contributed by atoms with Crippen molar-refractivity contribution in [1.82, 2.24) is 20.0 Å². The monoisotopic (exact) mass is 566 g/mol. The van der Waals surface area contributed by atoms with Gasteiger partial charge in [0.25, 0.3) is 5.91 Å². The van der Waals surface area contributed by atoms with Crippen LogP contribution in [0.1, 0.15) is 84.0 Å². The summed E-state index contributed by atoms with van der Waals surface area (Å²) < 4.78 is 0. The van der Waals surface area contributed by atoms with Gasteiger partial charge in [-0.15, -0.1) is 0 Å². The van der Waals surface area contributed by atoms with Crippen LogP contribution in [0.2, 0.25) is 0 Å². The van der Waals surface area contributed by atoms with Crippen molar-refractivity contribution in [2.75, 3.05) is 26.2 Å². The minimum Gasteiger partial charge on any atom is -0.322 e. The van der Waals surface area contributed by atoms with E-state index in [1.165, 1.54) is 49.7 Å². The van der Waals surface area contributed by atoms with Gasteiger partial charge >= 0.3 is 0 Å². The maximum Gasteiger partial charge on any atom is 0.255 e. The van der Waals surface area contributed by atoms with E-state index in [-0.39, 0.29) is 24.1 Å². The van der Waals surface area contributed by atoms with Gasteiger partial charge in [0, 0.05) is 57.8 Å². The van der Waals surface area contributed by atoms with Crippen molar-refractivity contribution in [2.45, 2.75) is 82.5 Å². The smallest absolute Gasteiger partial charge is 0.255 e. The number of imide groups is 1. The lowest BCUT2D eigenvalue weighted by Crippen LogP contribution is -2.52. The highest BCUT2D eigenvalue weighted by Crippen LogP contribution is 2.60. The van der Waals surface area contributed by atoms with E-state index in [2.05, 4.69) is 51.5 Å². The molecule has 3 heterocycles. The molecule has 1 atom stereocenters. The van der Waals surface area contributed by atoms with Gasteiger partial charge < -0.3 is 4.90 Å². The first-order valence-corrected chi connectivity index (χ1v) is 16.2. The third kappa shape index (κ3) is 4.79. The lowest BCUT2D eigenvalue weighted by atomic mass is 9.48. The number of benzene rings is 2. The van der Waals surface area contributed by atoms with E-state index in [1.54, 1.807) is 10.5 Å². The second kappa shape index (κ2) is 10.3. The molecule has 2 saturated heterocycles. The van der Waals surface area contributed by atoms with E-state index in [0.717, 1.165) is 62.6 Å². The number of fused-ring (bicyclic) bond motifs is 1. The van der Waals surface area contributed by atoms with Gasteiger partial charge in [0.2, 0.25) is 11.8 Å². The van der Waals surface area contributed by atoms with Crippen molar-refractivity contribution in [3.8, 4) is 0 Å². The zero-order valence-electron chi connectivity index (χ0n) is 24.5. The molecular formula is C35H42N4O3. The Morgan fingerprint density at radius 1 is 0.762 bits per heavy atom. The van der Waals surface area contributed by atoms with Gasteiger partial charge in [0.15, 0.2) is 0 Å². The third-order valence-corrected chi connectivity index (χ3v) is 11.5. The van der Waals surface area contributed by atoms with Crippen LogP contribution in [0.25, 0.3) is 0 Å². The number of hydrogen-bond donors (Lipinski definition) is 1. The maximum absolute atomic E-state index is 13.0. The highest BCUT2D eigenvalue weighted by atomic mass is 16.2. The Bertz CT molecular complexity index is 1370. The quantitative estimate of drug-likeness (QED) is 0.530. The van der Waals surface area contributed by atoms with E-state index >= 15 is 0 Å². The predicted molar refractivity (Wildman–Crippen MR) is 159 cm³/mol. The second-order valence-corrected chi connectivity index (χ2v) is 14.3. The first-order chi connectivity index (χ1) is 20.4. The molecule has 4 bridgehead atoms. The molecule has 9 rings (SSSR count). The van der Waals surface area contributed by atoms with Crippen LogP contribution in [-0.2, 0) is 34.6 Å². The van der Waals surface area contributed by atoms with Gasteiger partial charge in [-0.05, 0) is 96.4 Å². The molecule has 42 heavy (non-hydrogen) atoms. The molecule has 4 aliphatic carbocycles. The molecule has 0 radical (unpaired) electrons. The van der Waals surface area contributed by atoms with Crippen LogP contribution in [-0.4, -0.2) is 64.6 Å². The number of rotatable bonds is 6. The highest BCUT2D eigenvalue weighted by Gasteiger charge is 2.51. The number of amides is 3. The summed E-state index contributed by atoms with van der Waals surface area (Å²) in [6, 6.07) is 15.3. The Balaban J connectivity index is 0.846. The van der Waals surface area contributed by atoms with Gasteiger partial charge in [-0.1, -0.05) is 36.4 Å². The highest BCUT2D eigenvalue weighted by molar-refractivity contribution is 6.05. The molecule has 3 amide bonds. The van der Waals surface area contributed by atoms with E-state index in [9.17, 15) is 14.4 Å². The Kier molecular flexibility index (Phi) is 6.52. The minimum atomic E-state index is -0.563. The molecule has 7 heteroatoms. The molecule has 6 fully saturated rings. The summed E-state index contributed by atoms with van der Waals surface area (Å²) in [5.74, 6) is 2.24. The van der Waals surface area contributed by atoms with Crippen LogP contribution in [0.3, 0.4) is 0 Å². The molecule has 4 saturated carbocycles. The average molecular weight is 567 g/mol. The molecule has 7 nitrogen and oxygen atoms in total. The van der Waals surface area contributed by atoms with E-state index in [4.69, 9.17) is 0 Å². The molecule has 1 unspecified atom stereocenters. The molecule has 0 aromatic heterocycles. The molecule has 1 N–H and O–H groups in total. The van der Waals surface area contributed by atoms with Gasteiger partial charge in [0.1, 0.15) is 6.04 Å². The zero-order valence-corrected chi connectivity index (χ0v) is 24.5. The summed E-state index contributed by atoms with van der Waals surface area (Å²) in [6.45, 7) is 6.50. The van der Waals surface area contributed by atoms with Crippen molar-refractivity contribution in [3.63, 3.8) is 0 Å². The van der Waals surface area contributed by atoms with Gasteiger partial charge in [-0.3, -0.25) is 29.5 Å². The van der Waals surface area contributed by atoms with Crippen LogP contribution in [0, 0.1) is 17.8 Å². The number of piperazine rings is 1. The van der Waals surface area contributed by atoms with Crippen LogP contribution in [0.5, 0.6) is 0 Å². The van der Waals surface area contributed by atoms with Crippen LogP contribution >= 0.6 is 0 Å². The fraction of sp³-hybridized carbons (Fsp3) is 0.571. The zero-order chi connectivity index (χ0) is 28.4. The number of nitrogens with one attached hydrogen (secondary N) is 1. The SMILES string of the molecule is O=C1CCC(N2Cc3cc(CN4CCN(Cc5ccc(C67CC8CC(CC(C8)C6)C7)cc5)CC4)ccc3C2=O)C(=O)N1. The van der Waals surface area contributed by atoms with Crippen molar-refractivity contribution >= 4 is 17.7 Å². The number of piperidine rings is 1. The Hall–Kier alpha value is -3.03. The van der Waals surface area contributed by atoms with Crippen LogP contribution < -0.4 is 5.32 Å². The van der Waals surface area contributed by atoms with Crippen LogP contribution in [0.4, 0.5) is 0 Å². The van der Waals surface area contributed by atoms with Crippen molar-refractivity contribution in [2.24, 2.45) is 17.8 Å². The Morgan fingerprint density at radius 2 is 1.36 bits per heavy atom. The van der Waals surface area contributed by atoms with Gasteiger partial charge in [0.05, 0.1) is 0 Å². The number of carbonyl (C=O) groups excluding carboxylic acids is 3. The fourth-order valence-electron chi connectivity index (χ4n) is 9.78. The van der Waals surface area contributed by atoms with Crippen molar-refractivity contribution in [1.29, 1.82) is 0 Å². The van der Waals surface area contributed by atoms with Gasteiger partial charge in [-0.25, -0.2) is 0 Å². The maximum atomic E-state index is 13.0. The van der Waals surface area contributed by atoms with Crippen molar-refractivity contribution < 1.29 is 14.4 Å². The lowest BCUT2D eigenvalue weighted by Gasteiger charge is -2.57.